The summed E-state index contributed by atoms with van der Waals surface area (Å²) in [6, 6.07) is 0.265. The summed E-state index contributed by atoms with van der Waals surface area (Å²) in [6.45, 7) is 11.7. The molecule has 0 radical (unpaired) electrons. The number of hydrazine groups is 1. The molecule has 3 unspecified atom stereocenters. The van der Waals surface area contributed by atoms with Gasteiger partial charge in [0.1, 0.15) is 0 Å². The highest BCUT2D eigenvalue weighted by atomic mass is 16.5. The molecule has 3 heteroatoms. The summed E-state index contributed by atoms with van der Waals surface area (Å²) >= 11 is 0. The maximum atomic E-state index is 5.79. The van der Waals surface area contributed by atoms with Crippen LogP contribution in [0.15, 0.2) is 0 Å². The fraction of sp³-hybridized carbons (Fsp3) is 1.00. The molecule has 16 heavy (non-hydrogen) atoms. The second-order valence-corrected chi connectivity index (χ2v) is 5.07. The molecule has 0 saturated carbocycles. The van der Waals surface area contributed by atoms with Crippen LogP contribution in [-0.4, -0.2) is 18.8 Å². The highest BCUT2D eigenvalue weighted by Gasteiger charge is 2.25. The zero-order valence-corrected chi connectivity index (χ0v) is 11.6. The summed E-state index contributed by atoms with van der Waals surface area (Å²) in [5.41, 5.74) is 2.93. The topological polar surface area (TPSA) is 47.3 Å². The third kappa shape index (κ3) is 5.83. The first-order chi connectivity index (χ1) is 7.56. The van der Waals surface area contributed by atoms with Crippen LogP contribution in [0.4, 0.5) is 0 Å². The van der Waals surface area contributed by atoms with E-state index in [1.807, 2.05) is 6.92 Å². The Bertz CT molecular complexity index is 162. The Hall–Kier alpha value is -0.120. The smallest absolute Gasteiger partial charge is 0.0764 e. The summed E-state index contributed by atoms with van der Waals surface area (Å²) < 4.78 is 5.79. The summed E-state index contributed by atoms with van der Waals surface area (Å²) in [5.74, 6) is 6.85. The van der Waals surface area contributed by atoms with Crippen LogP contribution >= 0.6 is 0 Å². The van der Waals surface area contributed by atoms with Gasteiger partial charge < -0.3 is 4.74 Å². The number of hydrogen-bond donors (Lipinski definition) is 2. The van der Waals surface area contributed by atoms with Crippen LogP contribution in [0.25, 0.3) is 0 Å². The Labute approximate surface area is 101 Å². The normalized spacial score (nSPS) is 17.4. The summed E-state index contributed by atoms with van der Waals surface area (Å²) in [6.07, 6.45) is 3.80. The minimum absolute atomic E-state index is 0.217. The first kappa shape index (κ1) is 15.9. The molecule has 3 N–H and O–H groups in total. The molecule has 98 valence electrons. The van der Waals surface area contributed by atoms with Crippen molar-refractivity contribution < 1.29 is 4.74 Å². The van der Waals surface area contributed by atoms with E-state index in [1.165, 1.54) is 12.8 Å². The van der Waals surface area contributed by atoms with Crippen molar-refractivity contribution in [2.45, 2.75) is 66.0 Å². The van der Waals surface area contributed by atoms with Crippen molar-refractivity contribution in [1.29, 1.82) is 0 Å². The van der Waals surface area contributed by atoms with Crippen molar-refractivity contribution in [3.63, 3.8) is 0 Å². The van der Waals surface area contributed by atoms with E-state index in [0.29, 0.717) is 11.8 Å². The average molecular weight is 230 g/mol. The van der Waals surface area contributed by atoms with Crippen molar-refractivity contribution in [1.82, 2.24) is 5.43 Å². The highest BCUT2D eigenvalue weighted by Crippen LogP contribution is 2.19. The maximum absolute atomic E-state index is 5.79. The van der Waals surface area contributed by atoms with Gasteiger partial charge in [0.05, 0.1) is 6.10 Å². The van der Waals surface area contributed by atoms with Gasteiger partial charge in [-0.1, -0.05) is 40.5 Å². The molecular weight excluding hydrogens is 200 g/mol. The molecule has 0 aromatic heterocycles. The van der Waals surface area contributed by atoms with Gasteiger partial charge in [-0.05, 0) is 25.2 Å². The molecule has 0 amide bonds. The Balaban J connectivity index is 4.30. The van der Waals surface area contributed by atoms with Gasteiger partial charge >= 0.3 is 0 Å². The summed E-state index contributed by atoms with van der Waals surface area (Å²) in [7, 11) is 0. The number of hydrogen-bond acceptors (Lipinski definition) is 3. The largest absolute Gasteiger partial charge is 0.377 e. The second-order valence-electron chi connectivity index (χ2n) is 5.07. The average Bonchev–Trinajstić information content (AvgIpc) is 2.23. The summed E-state index contributed by atoms with van der Waals surface area (Å²) in [4.78, 5) is 0. The molecule has 0 bridgehead atoms. The van der Waals surface area contributed by atoms with Crippen LogP contribution in [0.1, 0.15) is 53.9 Å². The van der Waals surface area contributed by atoms with Gasteiger partial charge in [-0.2, -0.15) is 0 Å². The zero-order valence-electron chi connectivity index (χ0n) is 11.6. The number of rotatable bonds is 9. The Morgan fingerprint density at radius 3 is 2.19 bits per heavy atom. The highest BCUT2D eigenvalue weighted by molar-refractivity contribution is 4.79. The van der Waals surface area contributed by atoms with Gasteiger partial charge in [0.2, 0.25) is 0 Å². The number of nitrogens with one attached hydrogen (secondary N) is 1. The van der Waals surface area contributed by atoms with Crippen LogP contribution < -0.4 is 11.3 Å². The van der Waals surface area contributed by atoms with Crippen LogP contribution in [0.3, 0.4) is 0 Å². The Morgan fingerprint density at radius 1 is 1.19 bits per heavy atom. The maximum Gasteiger partial charge on any atom is 0.0764 e. The molecule has 0 aromatic carbocycles. The monoisotopic (exact) mass is 230 g/mol. The molecule has 0 fully saturated rings. The van der Waals surface area contributed by atoms with Gasteiger partial charge in [-0.3, -0.25) is 11.3 Å². The Morgan fingerprint density at radius 2 is 1.81 bits per heavy atom. The van der Waals surface area contributed by atoms with Crippen LogP contribution in [-0.2, 0) is 4.74 Å². The first-order valence-electron chi connectivity index (χ1n) is 6.64. The molecule has 0 aliphatic rings. The lowest BCUT2D eigenvalue weighted by Gasteiger charge is -2.31. The summed E-state index contributed by atoms with van der Waals surface area (Å²) in [5, 5.41) is 0. The quantitative estimate of drug-likeness (QED) is 0.473. The van der Waals surface area contributed by atoms with Gasteiger partial charge in [0.15, 0.2) is 0 Å². The second kappa shape index (κ2) is 8.97. The lowest BCUT2D eigenvalue weighted by Crippen LogP contribution is -2.48. The van der Waals surface area contributed by atoms with Crippen molar-refractivity contribution in [2.75, 3.05) is 6.61 Å². The van der Waals surface area contributed by atoms with E-state index in [1.54, 1.807) is 0 Å². The molecule has 0 aromatic rings. The molecule has 0 spiro atoms. The van der Waals surface area contributed by atoms with E-state index >= 15 is 0 Å². The van der Waals surface area contributed by atoms with Gasteiger partial charge in [0.25, 0.3) is 0 Å². The minimum atomic E-state index is 0.217. The van der Waals surface area contributed by atoms with Crippen LogP contribution in [0.5, 0.6) is 0 Å². The molecule has 3 atom stereocenters. The van der Waals surface area contributed by atoms with Crippen molar-refractivity contribution in [2.24, 2.45) is 17.7 Å². The van der Waals surface area contributed by atoms with E-state index in [2.05, 4.69) is 33.1 Å². The SMILES string of the molecule is CCCC(C)CC(NN)C(OCC)C(C)C. The van der Waals surface area contributed by atoms with E-state index < -0.39 is 0 Å². The fourth-order valence-corrected chi connectivity index (χ4v) is 2.31. The van der Waals surface area contributed by atoms with E-state index in [-0.39, 0.29) is 12.1 Å². The third-order valence-corrected chi connectivity index (χ3v) is 3.06. The zero-order chi connectivity index (χ0) is 12.6. The van der Waals surface area contributed by atoms with Gasteiger partial charge in [-0.25, -0.2) is 0 Å². The third-order valence-electron chi connectivity index (χ3n) is 3.06. The van der Waals surface area contributed by atoms with E-state index in [4.69, 9.17) is 10.6 Å². The van der Waals surface area contributed by atoms with E-state index in [0.717, 1.165) is 13.0 Å². The van der Waals surface area contributed by atoms with Crippen LogP contribution in [0.2, 0.25) is 0 Å². The minimum Gasteiger partial charge on any atom is -0.377 e. The lowest BCUT2D eigenvalue weighted by molar-refractivity contribution is -0.00218. The molecule has 3 nitrogen and oxygen atoms in total. The molecule has 0 rings (SSSR count). The Kier molecular flexibility index (Phi) is 8.90. The van der Waals surface area contributed by atoms with Crippen molar-refractivity contribution in [3.05, 3.63) is 0 Å². The van der Waals surface area contributed by atoms with E-state index in [9.17, 15) is 0 Å². The number of nitrogens with two attached hydrogens (primary N) is 1. The molecular formula is C13H30N2O. The van der Waals surface area contributed by atoms with Crippen molar-refractivity contribution in [3.8, 4) is 0 Å². The van der Waals surface area contributed by atoms with Crippen molar-refractivity contribution >= 4 is 0 Å². The first-order valence-corrected chi connectivity index (χ1v) is 6.64. The fourth-order valence-electron chi connectivity index (χ4n) is 2.31. The van der Waals surface area contributed by atoms with Gasteiger partial charge in [0, 0.05) is 12.6 Å². The van der Waals surface area contributed by atoms with Gasteiger partial charge in [-0.15, -0.1) is 0 Å². The number of ether oxygens (including phenoxy) is 1. The molecule has 0 aliphatic heterocycles. The molecule has 0 aliphatic carbocycles. The van der Waals surface area contributed by atoms with Crippen LogP contribution in [0, 0.1) is 11.8 Å². The predicted octanol–water partition coefficient (Wildman–Crippen LogP) is 2.71. The predicted molar refractivity (Wildman–Crippen MR) is 70.1 cm³/mol. The molecule has 0 saturated heterocycles. The molecule has 0 heterocycles. The standard InChI is InChI=1S/C13H30N2O/c1-6-8-11(5)9-12(15-14)13(10(3)4)16-7-2/h10-13,15H,6-9,14H2,1-5H3. The lowest BCUT2D eigenvalue weighted by atomic mass is 9.90.